The number of thiophene rings is 1. The molecule has 1 aromatic heterocycles. The number of ether oxygens (including phenoxy) is 2. The summed E-state index contributed by atoms with van der Waals surface area (Å²) in [6.45, 7) is 0.299. The Morgan fingerprint density at radius 2 is 1.81 bits per heavy atom. The SMILES string of the molecule is COc1cc(CNc2cccc(C(=O)O)c2)cc(Br)c1OCc1cc(-c2ccccc2)c(C(F)(F)F)s1. The molecule has 0 fully saturated rings. The molecular formula is C27H21BrF3NO4S. The molecule has 0 amide bonds. The molecule has 0 unspecified atom stereocenters. The van der Waals surface area contributed by atoms with Gasteiger partial charge in [-0.1, -0.05) is 36.4 Å². The Kier molecular flexibility index (Phi) is 8.09. The number of methoxy groups -OCH3 is 1. The monoisotopic (exact) mass is 591 g/mol. The molecule has 0 aliphatic carbocycles. The number of alkyl halides is 3. The lowest BCUT2D eigenvalue weighted by Gasteiger charge is -2.15. The summed E-state index contributed by atoms with van der Waals surface area (Å²) < 4.78 is 53.1. The minimum absolute atomic E-state index is 0.0743. The molecule has 0 aliphatic heterocycles. The van der Waals surface area contributed by atoms with Crippen molar-refractivity contribution in [2.45, 2.75) is 19.3 Å². The zero-order chi connectivity index (χ0) is 26.6. The van der Waals surface area contributed by atoms with Crippen molar-refractivity contribution < 1.29 is 32.5 Å². The van der Waals surface area contributed by atoms with E-state index >= 15 is 0 Å². The van der Waals surface area contributed by atoms with Gasteiger partial charge in [0.2, 0.25) is 0 Å². The van der Waals surface area contributed by atoms with E-state index in [1.165, 1.54) is 25.3 Å². The van der Waals surface area contributed by atoms with Gasteiger partial charge in [0.25, 0.3) is 0 Å². The summed E-state index contributed by atoms with van der Waals surface area (Å²) >= 11 is 4.12. The van der Waals surface area contributed by atoms with Crippen LogP contribution in [0.3, 0.4) is 0 Å². The van der Waals surface area contributed by atoms with Crippen LogP contribution in [0.4, 0.5) is 18.9 Å². The fourth-order valence-electron chi connectivity index (χ4n) is 3.68. The van der Waals surface area contributed by atoms with Gasteiger partial charge in [-0.25, -0.2) is 4.79 Å². The maximum Gasteiger partial charge on any atom is 0.426 e. The third kappa shape index (κ3) is 6.44. The normalized spacial score (nSPS) is 11.3. The Balaban J connectivity index is 1.52. The highest BCUT2D eigenvalue weighted by atomic mass is 79.9. The molecule has 0 saturated carbocycles. The fraction of sp³-hybridized carbons (Fsp3) is 0.148. The van der Waals surface area contributed by atoms with Gasteiger partial charge in [0.15, 0.2) is 11.5 Å². The van der Waals surface area contributed by atoms with Crippen LogP contribution in [-0.4, -0.2) is 18.2 Å². The summed E-state index contributed by atoms with van der Waals surface area (Å²) in [5.74, 6) is -0.248. The van der Waals surface area contributed by atoms with E-state index in [1.54, 1.807) is 54.6 Å². The lowest BCUT2D eigenvalue weighted by atomic mass is 10.1. The van der Waals surface area contributed by atoms with E-state index < -0.39 is 17.0 Å². The zero-order valence-corrected chi connectivity index (χ0v) is 21.8. The van der Waals surface area contributed by atoms with Crippen LogP contribution in [0.5, 0.6) is 11.5 Å². The molecule has 37 heavy (non-hydrogen) atoms. The van der Waals surface area contributed by atoms with Crippen LogP contribution in [0.25, 0.3) is 11.1 Å². The third-order valence-corrected chi connectivity index (χ3v) is 7.12. The summed E-state index contributed by atoms with van der Waals surface area (Å²) in [5, 5.41) is 12.3. The van der Waals surface area contributed by atoms with Gasteiger partial charge in [0, 0.05) is 22.7 Å². The Morgan fingerprint density at radius 3 is 2.49 bits per heavy atom. The van der Waals surface area contributed by atoms with E-state index in [0.717, 1.165) is 5.56 Å². The lowest BCUT2D eigenvalue weighted by molar-refractivity contribution is -0.133. The number of aromatic carboxylic acids is 1. The zero-order valence-electron chi connectivity index (χ0n) is 19.4. The molecule has 0 aliphatic rings. The first kappa shape index (κ1) is 26.6. The van der Waals surface area contributed by atoms with Gasteiger partial charge in [0.1, 0.15) is 11.5 Å². The second-order valence-corrected chi connectivity index (χ2v) is 9.95. The molecule has 4 aromatic rings. The molecule has 3 aromatic carbocycles. The number of hydrogen-bond donors (Lipinski definition) is 2. The molecule has 0 radical (unpaired) electrons. The van der Waals surface area contributed by atoms with Gasteiger partial charge >= 0.3 is 12.1 Å². The number of hydrogen-bond acceptors (Lipinski definition) is 5. The quantitative estimate of drug-likeness (QED) is 0.206. The van der Waals surface area contributed by atoms with Crippen molar-refractivity contribution in [1.82, 2.24) is 0 Å². The average molecular weight is 592 g/mol. The Hall–Kier alpha value is -3.50. The van der Waals surface area contributed by atoms with Crippen molar-refractivity contribution in [3.63, 3.8) is 0 Å². The molecule has 4 rings (SSSR count). The van der Waals surface area contributed by atoms with Crippen molar-refractivity contribution in [3.05, 3.63) is 98.2 Å². The van der Waals surface area contributed by atoms with Crippen LogP contribution in [0, 0.1) is 0 Å². The average Bonchev–Trinajstić information content (AvgIpc) is 3.32. The minimum Gasteiger partial charge on any atom is -0.493 e. The standard InChI is InChI=1S/C27H21BrF3NO4S/c1-35-23-11-16(14-32-19-9-5-8-18(12-19)26(33)34)10-22(28)24(23)36-15-20-13-21(17-6-3-2-4-7-17)25(37-20)27(29,30)31/h2-13,32H,14-15H2,1H3,(H,33,34). The second-order valence-electron chi connectivity index (χ2n) is 7.96. The highest BCUT2D eigenvalue weighted by Crippen LogP contribution is 2.44. The summed E-state index contributed by atoms with van der Waals surface area (Å²) in [6.07, 6.45) is -4.48. The molecule has 1 heterocycles. The Morgan fingerprint density at radius 1 is 1.05 bits per heavy atom. The van der Waals surface area contributed by atoms with Gasteiger partial charge in [0.05, 0.1) is 17.1 Å². The molecule has 0 atom stereocenters. The van der Waals surface area contributed by atoms with E-state index in [1.807, 2.05) is 0 Å². The summed E-state index contributed by atoms with van der Waals surface area (Å²) in [4.78, 5) is 10.9. The maximum absolute atomic E-state index is 13.7. The van der Waals surface area contributed by atoms with Gasteiger partial charge in [-0.15, -0.1) is 11.3 Å². The number of rotatable bonds is 9. The van der Waals surface area contributed by atoms with Crippen LogP contribution in [0.1, 0.15) is 25.7 Å². The molecule has 0 bridgehead atoms. The smallest absolute Gasteiger partial charge is 0.426 e. The predicted molar refractivity (Wildman–Crippen MR) is 141 cm³/mol. The van der Waals surface area contributed by atoms with Crippen molar-refractivity contribution in [3.8, 4) is 22.6 Å². The predicted octanol–water partition coefficient (Wildman–Crippen LogP) is 8.09. The number of halogens is 4. The van der Waals surface area contributed by atoms with Crippen molar-refractivity contribution in [2.24, 2.45) is 0 Å². The first-order valence-corrected chi connectivity index (χ1v) is 12.6. The number of carbonyl (C=O) groups is 1. The van der Waals surface area contributed by atoms with Crippen LogP contribution in [0.15, 0.2) is 77.3 Å². The van der Waals surface area contributed by atoms with Crippen LogP contribution in [-0.2, 0) is 19.3 Å². The van der Waals surface area contributed by atoms with Gasteiger partial charge in [-0.2, -0.15) is 13.2 Å². The second kappa shape index (κ2) is 11.3. The van der Waals surface area contributed by atoms with Crippen LogP contribution in [0.2, 0.25) is 0 Å². The first-order valence-electron chi connectivity index (χ1n) is 11.0. The van der Waals surface area contributed by atoms with Crippen LogP contribution < -0.4 is 14.8 Å². The summed E-state index contributed by atoms with van der Waals surface area (Å²) in [5.41, 5.74) is 2.24. The van der Waals surface area contributed by atoms with E-state index in [2.05, 4.69) is 21.2 Å². The van der Waals surface area contributed by atoms with Crippen molar-refractivity contribution >= 4 is 38.9 Å². The number of carboxylic acids is 1. The minimum atomic E-state index is -4.48. The highest BCUT2D eigenvalue weighted by molar-refractivity contribution is 9.10. The molecule has 0 spiro atoms. The highest BCUT2D eigenvalue weighted by Gasteiger charge is 2.36. The fourth-order valence-corrected chi connectivity index (χ4v) is 5.24. The van der Waals surface area contributed by atoms with E-state index in [0.29, 0.717) is 50.0 Å². The molecule has 2 N–H and O–H groups in total. The topological polar surface area (TPSA) is 67.8 Å². The first-order chi connectivity index (χ1) is 17.7. The van der Waals surface area contributed by atoms with Crippen molar-refractivity contribution in [1.29, 1.82) is 0 Å². The van der Waals surface area contributed by atoms with E-state index in [4.69, 9.17) is 14.6 Å². The van der Waals surface area contributed by atoms with Crippen LogP contribution >= 0.6 is 27.3 Å². The van der Waals surface area contributed by atoms with E-state index in [-0.39, 0.29) is 17.7 Å². The number of carboxylic acid groups (broad SMARTS) is 1. The molecular weight excluding hydrogens is 571 g/mol. The van der Waals surface area contributed by atoms with Crippen molar-refractivity contribution in [2.75, 3.05) is 12.4 Å². The Bertz CT molecular complexity index is 1410. The third-order valence-electron chi connectivity index (χ3n) is 5.38. The molecule has 5 nitrogen and oxygen atoms in total. The molecule has 10 heteroatoms. The summed E-state index contributed by atoms with van der Waals surface area (Å²) in [7, 11) is 1.47. The Labute approximate surface area is 223 Å². The number of nitrogens with one attached hydrogen (secondary N) is 1. The molecule has 192 valence electrons. The maximum atomic E-state index is 13.7. The molecule has 0 saturated heterocycles. The lowest BCUT2D eigenvalue weighted by Crippen LogP contribution is -2.04. The largest absolute Gasteiger partial charge is 0.493 e. The summed E-state index contributed by atoms with van der Waals surface area (Å²) in [6, 6.07) is 20.0. The van der Waals surface area contributed by atoms with Gasteiger partial charge in [-0.3, -0.25) is 0 Å². The van der Waals surface area contributed by atoms with E-state index in [9.17, 15) is 18.0 Å². The number of anilines is 1. The van der Waals surface area contributed by atoms with Gasteiger partial charge in [-0.05, 0) is 63.5 Å². The number of benzene rings is 3. The van der Waals surface area contributed by atoms with Gasteiger partial charge < -0.3 is 19.9 Å².